The molecule has 20 heavy (non-hydrogen) atoms. The highest BCUT2D eigenvalue weighted by molar-refractivity contribution is 7.87. The van der Waals surface area contributed by atoms with Crippen LogP contribution in [0.3, 0.4) is 0 Å². The van der Waals surface area contributed by atoms with Crippen LogP contribution in [-0.2, 0) is 10.1 Å². The van der Waals surface area contributed by atoms with E-state index < -0.39 is 10.1 Å². The average molecular weight is 313 g/mol. The van der Waals surface area contributed by atoms with E-state index in [0.717, 1.165) is 5.56 Å². The monoisotopic (exact) mass is 312 g/mol. The Bertz CT molecular complexity index is 708. The first-order chi connectivity index (χ1) is 9.42. The zero-order chi connectivity index (χ0) is 14.8. The van der Waals surface area contributed by atoms with Crippen molar-refractivity contribution in [3.05, 3.63) is 53.1 Å². The molecule has 0 amide bonds. The van der Waals surface area contributed by atoms with E-state index in [1.54, 1.807) is 18.2 Å². The Morgan fingerprint density at radius 2 is 1.65 bits per heavy atom. The lowest BCUT2D eigenvalue weighted by atomic mass is 10.2. The third-order valence-corrected chi connectivity index (χ3v) is 4.12. The molecule has 0 spiro atoms. The van der Waals surface area contributed by atoms with E-state index in [4.69, 9.17) is 20.5 Å². The van der Waals surface area contributed by atoms with Gasteiger partial charge in [-0.1, -0.05) is 17.7 Å². The Morgan fingerprint density at radius 1 is 1.00 bits per heavy atom. The highest BCUT2D eigenvalue weighted by atomic mass is 35.5. The molecule has 0 fully saturated rings. The second-order valence-corrected chi connectivity index (χ2v) is 6.13. The Balaban J connectivity index is 2.35. The maximum Gasteiger partial charge on any atom is 0.339 e. The van der Waals surface area contributed by atoms with Crippen LogP contribution >= 0.6 is 11.6 Å². The van der Waals surface area contributed by atoms with E-state index in [0.29, 0.717) is 10.8 Å². The highest BCUT2D eigenvalue weighted by Gasteiger charge is 2.18. The number of halogens is 1. The van der Waals surface area contributed by atoms with Gasteiger partial charge in [-0.25, -0.2) is 0 Å². The highest BCUT2D eigenvalue weighted by Crippen LogP contribution is 2.30. The van der Waals surface area contributed by atoms with Crippen molar-refractivity contribution in [1.29, 1.82) is 0 Å². The molecule has 0 aromatic heterocycles. The molecule has 0 aliphatic rings. The average Bonchev–Trinajstić information content (AvgIpc) is 2.41. The summed E-state index contributed by atoms with van der Waals surface area (Å²) in [4.78, 5) is 0.0320. The molecule has 2 aromatic rings. The fraction of sp³-hybridized carbons (Fsp3) is 0.143. The Kier molecular flexibility index (Phi) is 4.20. The molecule has 2 aromatic carbocycles. The summed E-state index contributed by atoms with van der Waals surface area (Å²) in [6.07, 6.45) is 0. The molecule has 0 aliphatic heterocycles. The molecule has 0 heterocycles. The molecule has 6 heteroatoms. The SMILES string of the molecule is COc1cc(C)ccc1OS(=O)(=O)c1ccc(Cl)cc1. The summed E-state index contributed by atoms with van der Waals surface area (Å²) in [5, 5.41) is 0.455. The van der Waals surface area contributed by atoms with Crippen molar-refractivity contribution in [2.24, 2.45) is 0 Å². The standard InChI is InChI=1S/C14H13ClO4S/c1-10-3-8-13(14(9-10)18-2)19-20(16,17)12-6-4-11(15)5-7-12/h3-9H,1-2H3. The molecule has 0 aliphatic carbocycles. The van der Waals surface area contributed by atoms with Gasteiger partial charge in [-0.15, -0.1) is 0 Å². The first kappa shape index (κ1) is 14.7. The minimum absolute atomic E-state index is 0.0320. The Labute approximate surface area is 123 Å². The third-order valence-electron chi connectivity index (χ3n) is 2.62. The van der Waals surface area contributed by atoms with Crippen LogP contribution in [0, 0.1) is 6.92 Å². The van der Waals surface area contributed by atoms with E-state index in [2.05, 4.69) is 0 Å². The van der Waals surface area contributed by atoms with Crippen LogP contribution in [0.2, 0.25) is 5.02 Å². The summed E-state index contributed by atoms with van der Waals surface area (Å²) in [5.74, 6) is 0.510. The second-order valence-electron chi connectivity index (χ2n) is 4.15. The van der Waals surface area contributed by atoms with Gasteiger partial charge in [0.2, 0.25) is 0 Å². The minimum atomic E-state index is -3.91. The number of benzene rings is 2. The fourth-order valence-electron chi connectivity index (χ4n) is 1.61. The lowest BCUT2D eigenvalue weighted by Crippen LogP contribution is -2.10. The normalized spacial score (nSPS) is 11.2. The van der Waals surface area contributed by atoms with Gasteiger partial charge >= 0.3 is 10.1 Å². The molecule has 0 saturated heterocycles. The summed E-state index contributed by atoms with van der Waals surface area (Å²) in [6, 6.07) is 10.8. The number of aryl methyl sites for hydroxylation is 1. The van der Waals surface area contributed by atoms with E-state index in [1.807, 2.05) is 6.92 Å². The lowest BCUT2D eigenvalue weighted by molar-refractivity contribution is 0.390. The molecule has 0 saturated carbocycles. The lowest BCUT2D eigenvalue weighted by Gasteiger charge is -2.11. The molecular formula is C14H13ClO4S. The number of rotatable bonds is 4. The topological polar surface area (TPSA) is 52.6 Å². The predicted octanol–water partition coefficient (Wildman–Crippen LogP) is 3.42. The third kappa shape index (κ3) is 3.23. The van der Waals surface area contributed by atoms with Gasteiger partial charge in [0.1, 0.15) is 4.90 Å². The predicted molar refractivity (Wildman–Crippen MR) is 77.0 cm³/mol. The maximum absolute atomic E-state index is 12.1. The van der Waals surface area contributed by atoms with Crippen LogP contribution in [0.1, 0.15) is 5.56 Å². The molecule has 0 radical (unpaired) electrons. The van der Waals surface area contributed by atoms with Crippen molar-refractivity contribution in [3.63, 3.8) is 0 Å². The van der Waals surface area contributed by atoms with Gasteiger partial charge in [-0.2, -0.15) is 8.42 Å². The van der Waals surface area contributed by atoms with E-state index >= 15 is 0 Å². The first-order valence-corrected chi connectivity index (χ1v) is 7.56. The van der Waals surface area contributed by atoms with Gasteiger partial charge in [0, 0.05) is 5.02 Å². The van der Waals surface area contributed by atoms with Crippen molar-refractivity contribution >= 4 is 21.7 Å². The van der Waals surface area contributed by atoms with Crippen LogP contribution in [0.15, 0.2) is 47.4 Å². The van der Waals surface area contributed by atoms with Crippen LogP contribution < -0.4 is 8.92 Å². The summed E-state index contributed by atoms with van der Waals surface area (Å²) in [6.45, 7) is 1.87. The molecule has 0 N–H and O–H groups in total. The van der Waals surface area contributed by atoms with Gasteiger partial charge < -0.3 is 8.92 Å². The first-order valence-electron chi connectivity index (χ1n) is 5.77. The Morgan fingerprint density at radius 3 is 2.25 bits per heavy atom. The molecule has 2 rings (SSSR count). The van der Waals surface area contributed by atoms with Gasteiger partial charge in [0.15, 0.2) is 11.5 Å². The van der Waals surface area contributed by atoms with Crippen LogP contribution in [0.25, 0.3) is 0 Å². The molecule has 106 valence electrons. The molecule has 4 nitrogen and oxygen atoms in total. The van der Waals surface area contributed by atoms with Crippen LogP contribution in [0.5, 0.6) is 11.5 Å². The fourth-order valence-corrected chi connectivity index (χ4v) is 2.68. The largest absolute Gasteiger partial charge is 0.493 e. The summed E-state index contributed by atoms with van der Waals surface area (Å²) in [5.41, 5.74) is 0.943. The zero-order valence-corrected chi connectivity index (χ0v) is 12.5. The van der Waals surface area contributed by atoms with Crippen LogP contribution in [-0.4, -0.2) is 15.5 Å². The van der Waals surface area contributed by atoms with E-state index in [-0.39, 0.29) is 10.6 Å². The number of ether oxygens (including phenoxy) is 1. The minimum Gasteiger partial charge on any atom is -0.493 e. The number of methoxy groups -OCH3 is 1. The van der Waals surface area contributed by atoms with Gasteiger partial charge in [-0.05, 0) is 48.9 Å². The van der Waals surface area contributed by atoms with Crippen LogP contribution in [0.4, 0.5) is 0 Å². The van der Waals surface area contributed by atoms with Crippen molar-refractivity contribution in [3.8, 4) is 11.5 Å². The number of hydrogen-bond donors (Lipinski definition) is 0. The molecule has 0 bridgehead atoms. The summed E-state index contributed by atoms with van der Waals surface area (Å²) >= 11 is 5.73. The van der Waals surface area contributed by atoms with Crippen molar-refractivity contribution < 1.29 is 17.3 Å². The van der Waals surface area contributed by atoms with Crippen molar-refractivity contribution in [1.82, 2.24) is 0 Å². The summed E-state index contributed by atoms with van der Waals surface area (Å²) in [7, 11) is -2.46. The van der Waals surface area contributed by atoms with E-state index in [9.17, 15) is 8.42 Å². The Hall–Kier alpha value is -1.72. The molecular weight excluding hydrogens is 300 g/mol. The molecule has 0 atom stereocenters. The zero-order valence-electron chi connectivity index (χ0n) is 11.0. The van der Waals surface area contributed by atoms with Crippen molar-refractivity contribution in [2.75, 3.05) is 7.11 Å². The van der Waals surface area contributed by atoms with Gasteiger partial charge in [0.05, 0.1) is 7.11 Å². The molecule has 0 unspecified atom stereocenters. The van der Waals surface area contributed by atoms with Crippen molar-refractivity contribution in [2.45, 2.75) is 11.8 Å². The second kappa shape index (κ2) is 5.73. The number of hydrogen-bond acceptors (Lipinski definition) is 4. The smallest absolute Gasteiger partial charge is 0.339 e. The van der Waals surface area contributed by atoms with E-state index in [1.165, 1.54) is 31.4 Å². The summed E-state index contributed by atoms with van der Waals surface area (Å²) < 4.78 is 34.5. The maximum atomic E-state index is 12.1. The van der Waals surface area contributed by atoms with Gasteiger partial charge in [-0.3, -0.25) is 0 Å². The van der Waals surface area contributed by atoms with Gasteiger partial charge in [0.25, 0.3) is 0 Å². The quantitative estimate of drug-likeness (QED) is 0.812.